The van der Waals surface area contributed by atoms with Gasteiger partial charge in [0.2, 0.25) is 0 Å². The van der Waals surface area contributed by atoms with Gasteiger partial charge >= 0.3 is 0 Å². The van der Waals surface area contributed by atoms with Crippen LogP contribution in [-0.2, 0) is 11.2 Å². The van der Waals surface area contributed by atoms with Crippen LogP contribution in [0.25, 0.3) is 0 Å². The highest BCUT2D eigenvalue weighted by molar-refractivity contribution is 6.30. The molecule has 1 N–H and O–H groups in total. The molecule has 118 valence electrons. The SMILES string of the molecule is COCCNCC(Cc1cccc(Cl)c1)C1CCCCC1. The summed E-state index contributed by atoms with van der Waals surface area (Å²) in [4.78, 5) is 0. The molecular formula is C18H28ClNO. The van der Waals surface area contributed by atoms with Crippen LogP contribution < -0.4 is 5.32 Å². The number of benzene rings is 1. The second-order valence-electron chi connectivity index (χ2n) is 6.19. The van der Waals surface area contributed by atoms with Crippen LogP contribution in [0.1, 0.15) is 37.7 Å². The first-order valence-electron chi connectivity index (χ1n) is 8.23. The maximum atomic E-state index is 6.13. The molecule has 1 unspecified atom stereocenters. The lowest BCUT2D eigenvalue weighted by molar-refractivity contribution is 0.190. The second kappa shape index (κ2) is 9.45. The molecule has 0 heterocycles. The van der Waals surface area contributed by atoms with Crippen LogP contribution in [-0.4, -0.2) is 26.8 Å². The Hall–Kier alpha value is -0.570. The average molecular weight is 310 g/mol. The molecule has 0 bridgehead atoms. The molecule has 1 aliphatic rings. The summed E-state index contributed by atoms with van der Waals surface area (Å²) in [6, 6.07) is 8.34. The van der Waals surface area contributed by atoms with Gasteiger partial charge in [0.05, 0.1) is 6.61 Å². The molecule has 2 rings (SSSR count). The Kier molecular flexibility index (Phi) is 7.56. The van der Waals surface area contributed by atoms with E-state index in [2.05, 4.69) is 23.5 Å². The highest BCUT2D eigenvalue weighted by Gasteiger charge is 2.23. The van der Waals surface area contributed by atoms with Crippen molar-refractivity contribution in [3.05, 3.63) is 34.9 Å². The summed E-state index contributed by atoms with van der Waals surface area (Å²) in [6.07, 6.45) is 8.11. The van der Waals surface area contributed by atoms with Gasteiger partial charge in [0.1, 0.15) is 0 Å². The lowest BCUT2D eigenvalue weighted by Crippen LogP contribution is -2.32. The van der Waals surface area contributed by atoms with E-state index in [1.165, 1.54) is 37.7 Å². The first-order chi connectivity index (χ1) is 10.3. The molecule has 1 saturated carbocycles. The van der Waals surface area contributed by atoms with Crippen LogP contribution in [0.3, 0.4) is 0 Å². The Balaban J connectivity index is 1.93. The van der Waals surface area contributed by atoms with E-state index in [0.29, 0.717) is 5.92 Å². The smallest absolute Gasteiger partial charge is 0.0587 e. The first-order valence-corrected chi connectivity index (χ1v) is 8.61. The molecule has 0 aromatic heterocycles. The number of methoxy groups -OCH3 is 1. The molecule has 0 amide bonds. The first kappa shape index (κ1) is 16.8. The number of hydrogen-bond donors (Lipinski definition) is 1. The van der Waals surface area contributed by atoms with Gasteiger partial charge in [-0.1, -0.05) is 55.8 Å². The van der Waals surface area contributed by atoms with Gasteiger partial charge in [-0.15, -0.1) is 0 Å². The average Bonchev–Trinajstić information content (AvgIpc) is 2.51. The third-order valence-electron chi connectivity index (χ3n) is 4.59. The van der Waals surface area contributed by atoms with Gasteiger partial charge in [-0.25, -0.2) is 0 Å². The van der Waals surface area contributed by atoms with Crippen molar-refractivity contribution in [2.24, 2.45) is 11.8 Å². The van der Waals surface area contributed by atoms with Crippen LogP contribution in [0.15, 0.2) is 24.3 Å². The van der Waals surface area contributed by atoms with E-state index >= 15 is 0 Å². The van der Waals surface area contributed by atoms with Crippen molar-refractivity contribution in [3.63, 3.8) is 0 Å². The number of rotatable bonds is 8. The molecule has 3 heteroatoms. The van der Waals surface area contributed by atoms with Crippen molar-refractivity contribution in [1.29, 1.82) is 0 Å². The third-order valence-corrected chi connectivity index (χ3v) is 4.83. The van der Waals surface area contributed by atoms with Crippen molar-refractivity contribution in [1.82, 2.24) is 5.32 Å². The van der Waals surface area contributed by atoms with Crippen molar-refractivity contribution in [3.8, 4) is 0 Å². The van der Waals surface area contributed by atoms with Crippen LogP contribution in [0.5, 0.6) is 0 Å². The Labute approximate surface area is 134 Å². The predicted molar refractivity (Wildman–Crippen MR) is 90.0 cm³/mol. The lowest BCUT2D eigenvalue weighted by Gasteiger charge is -2.31. The van der Waals surface area contributed by atoms with Crippen LogP contribution in [0.4, 0.5) is 0 Å². The molecule has 21 heavy (non-hydrogen) atoms. The van der Waals surface area contributed by atoms with Gasteiger partial charge in [0.15, 0.2) is 0 Å². The minimum Gasteiger partial charge on any atom is -0.383 e. The van der Waals surface area contributed by atoms with E-state index in [-0.39, 0.29) is 0 Å². The fourth-order valence-electron chi connectivity index (χ4n) is 3.44. The van der Waals surface area contributed by atoms with Crippen molar-refractivity contribution in [2.45, 2.75) is 38.5 Å². The van der Waals surface area contributed by atoms with Crippen LogP contribution >= 0.6 is 11.6 Å². The number of ether oxygens (including phenoxy) is 1. The van der Waals surface area contributed by atoms with Gasteiger partial charge in [0.25, 0.3) is 0 Å². The normalized spacial score (nSPS) is 17.8. The molecule has 0 saturated heterocycles. The van der Waals surface area contributed by atoms with Crippen molar-refractivity contribution < 1.29 is 4.74 Å². The molecule has 1 fully saturated rings. The van der Waals surface area contributed by atoms with Gasteiger partial charge in [-0.3, -0.25) is 0 Å². The minimum atomic E-state index is 0.709. The van der Waals surface area contributed by atoms with E-state index in [9.17, 15) is 0 Å². The zero-order valence-corrected chi connectivity index (χ0v) is 13.9. The lowest BCUT2D eigenvalue weighted by atomic mass is 9.77. The molecule has 1 atom stereocenters. The number of halogens is 1. The summed E-state index contributed by atoms with van der Waals surface area (Å²) >= 11 is 6.13. The zero-order chi connectivity index (χ0) is 14.9. The molecule has 0 spiro atoms. The maximum absolute atomic E-state index is 6.13. The predicted octanol–water partition coefficient (Wildman–Crippen LogP) is 4.32. The Morgan fingerprint density at radius 2 is 2.10 bits per heavy atom. The third kappa shape index (κ3) is 5.98. The van der Waals surface area contributed by atoms with Gasteiger partial charge < -0.3 is 10.1 Å². The highest BCUT2D eigenvalue weighted by atomic mass is 35.5. The summed E-state index contributed by atoms with van der Waals surface area (Å²) in [6.45, 7) is 2.81. The van der Waals surface area contributed by atoms with Gasteiger partial charge in [0, 0.05) is 18.7 Å². The molecule has 1 aromatic rings. The Bertz CT molecular complexity index is 404. The molecule has 0 aliphatic heterocycles. The fourth-order valence-corrected chi connectivity index (χ4v) is 3.65. The Morgan fingerprint density at radius 1 is 1.29 bits per heavy atom. The number of nitrogens with one attached hydrogen (secondary N) is 1. The van der Waals surface area contributed by atoms with E-state index in [1.54, 1.807) is 7.11 Å². The standard InChI is InChI=1S/C18H28ClNO/c1-21-11-10-20-14-17(16-7-3-2-4-8-16)12-15-6-5-9-18(19)13-15/h5-6,9,13,16-17,20H,2-4,7-8,10-12,14H2,1H3. The maximum Gasteiger partial charge on any atom is 0.0587 e. The van der Waals surface area contributed by atoms with E-state index in [0.717, 1.165) is 37.1 Å². The molecule has 0 radical (unpaired) electrons. The Morgan fingerprint density at radius 3 is 2.81 bits per heavy atom. The summed E-state index contributed by atoms with van der Waals surface area (Å²) in [5, 5.41) is 4.41. The molecular weight excluding hydrogens is 282 g/mol. The molecule has 1 aromatic carbocycles. The topological polar surface area (TPSA) is 21.3 Å². The second-order valence-corrected chi connectivity index (χ2v) is 6.63. The van der Waals surface area contributed by atoms with Gasteiger partial charge in [-0.05, 0) is 42.5 Å². The fraction of sp³-hybridized carbons (Fsp3) is 0.667. The molecule has 1 aliphatic carbocycles. The van der Waals surface area contributed by atoms with E-state index in [1.807, 2.05) is 6.07 Å². The van der Waals surface area contributed by atoms with Gasteiger partial charge in [-0.2, -0.15) is 0 Å². The summed E-state index contributed by atoms with van der Waals surface area (Å²) < 4.78 is 5.12. The highest BCUT2D eigenvalue weighted by Crippen LogP contribution is 2.32. The van der Waals surface area contributed by atoms with E-state index < -0.39 is 0 Å². The summed E-state index contributed by atoms with van der Waals surface area (Å²) in [7, 11) is 1.76. The minimum absolute atomic E-state index is 0.709. The zero-order valence-electron chi connectivity index (χ0n) is 13.1. The summed E-state index contributed by atoms with van der Waals surface area (Å²) in [5.41, 5.74) is 1.37. The largest absolute Gasteiger partial charge is 0.383 e. The van der Waals surface area contributed by atoms with Crippen LogP contribution in [0, 0.1) is 11.8 Å². The van der Waals surface area contributed by atoms with E-state index in [4.69, 9.17) is 16.3 Å². The van der Waals surface area contributed by atoms with Crippen molar-refractivity contribution in [2.75, 3.05) is 26.8 Å². The monoisotopic (exact) mass is 309 g/mol. The number of hydrogen-bond acceptors (Lipinski definition) is 2. The molecule has 2 nitrogen and oxygen atoms in total. The van der Waals surface area contributed by atoms with Crippen LogP contribution in [0.2, 0.25) is 5.02 Å². The quantitative estimate of drug-likeness (QED) is 0.722. The summed E-state index contributed by atoms with van der Waals surface area (Å²) in [5.74, 6) is 1.56. The van der Waals surface area contributed by atoms with Crippen molar-refractivity contribution >= 4 is 11.6 Å².